The van der Waals surface area contributed by atoms with Crippen LogP contribution >= 0.6 is 0 Å². The molecule has 0 aromatic carbocycles. The molecule has 1 fully saturated rings. The molecular formula is C7H12N2O2. The van der Waals surface area contributed by atoms with E-state index in [4.69, 9.17) is 5.73 Å². The molecule has 1 saturated carbocycles. The molecule has 0 heterocycles. The zero-order valence-corrected chi connectivity index (χ0v) is 6.54. The van der Waals surface area contributed by atoms with Crippen molar-refractivity contribution in [2.24, 2.45) is 16.8 Å². The van der Waals surface area contributed by atoms with E-state index < -0.39 is 0 Å². The molecule has 0 atom stereocenters. The number of nitrogens with zero attached hydrogens (tertiary/aromatic N) is 1. The van der Waals surface area contributed by atoms with Gasteiger partial charge in [-0.25, -0.2) is 4.79 Å². The lowest BCUT2D eigenvalue weighted by Gasteiger charge is -1.95. The molecule has 4 nitrogen and oxygen atoms in total. The lowest BCUT2D eigenvalue weighted by Crippen LogP contribution is -2.12. The second-order valence-electron chi connectivity index (χ2n) is 2.72. The number of nitrogens with two attached hydrogens (primary N) is 1. The van der Waals surface area contributed by atoms with E-state index in [-0.39, 0.29) is 11.9 Å². The van der Waals surface area contributed by atoms with Gasteiger partial charge in [0.25, 0.3) is 0 Å². The maximum atomic E-state index is 10.9. The molecule has 0 aromatic rings. The first-order chi connectivity index (χ1) is 5.24. The van der Waals surface area contributed by atoms with Gasteiger partial charge in [0, 0.05) is 6.54 Å². The second kappa shape index (κ2) is 3.48. The number of oxime groups is 1. The summed E-state index contributed by atoms with van der Waals surface area (Å²) in [5.74, 6) is -0.123. The van der Waals surface area contributed by atoms with Gasteiger partial charge in [-0.2, -0.15) is 0 Å². The Hall–Kier alpha value is -0.900. The third-order valence-corrected chi connectivity index (χ3v) is 1.50. The van der Waals surface area contributed by atoms with Gasteiger partial charge in [0.15, 0.2) is 0 Å². The van der Waals surface area contributed by atoms with Crippen LogP contribution in [0.15, 0.2) is 5.16 Å². The Kier molecular flexibility index (Phi) is 2.59. The fraction of sp³-hybridized carbons (Fsp3) is 0.714. The van der Waals surface area contributed by atoms with Crippen LogP contribution in [0.1, 0.15) is 19.8 Å². The minimum absolute atomic E-state index is 0.101. The van der Waals surface area contributed by atoms with Crippen molar-refractivity contribution in [3.05, 3.63) is 0 Å². The number of carbonyl (C=O) groups excluding carboxylic acids is 1. The summed E-state index contributed by atoms with van der Waals surface area (Å²) in [5.41, 5.74) is 5.87. The van der Waals surface area contributed by atoms with Crippen LogP contribution in [0, 0.1) is 5.92 Å². The average Bonchev–Trinajstić information content (AvgIpc) is 2.81. The monoisotopic (exact) mass is 156 g/mol. The molecule has 0 unspecified atom stereocenters. The summed E-state index contributed by atoms with van der Waals surface area (Å²) in [4.78, 5) is 15.4. The fourth-order valence-corrected chi connectivity index (χ4v) is 0.554. The molecule has 0 aliphatic heterocycles. The Morgan fingerprint density at radius 3 is 2.82 bits per heavy atom. The van der Waals surface area contributed by atoms with Crippen LogP contribution in [-0.2, 0) is 9.63 Å². The first-order valence-electron chi connectivity index (χ1n) is 3.68. The lowest BCUT2D eigenvalue weighted by molar-refractivity contribution is -0.145. The van der Waals surface area contributed by atoms with Crippen LogP contribution in [0.3, 0.4) is 0 Å². The Morgan fingerprint density at radius 1 is 1.73 bits per heavy atom. The average molecular weight is 156 g/mol. The van der Waals surface area contributed by atoms with E-state index in [9.17, 15) is 4.79 Å². The predicted molar refractivity (Wildman–Crippen MR) is 41.0 cm³/mol. The Bertz CT molecular complexity index is 185. The molecule has 0 bridgehead atoms. The molecule has 0 spiro atoms. The van der Waals surface area contributed by atoms with Crippen molar-refractivity contribution >= 4 is 11.7 Å². The van der Waals surface area contributed by atoms with Crippen LogP contribution in [0.2, 0.25) is 0 Å². The number of rotatable bonds is 3. The van der Waals surface area contributed by atoms with E-state index in [1.54, 1.807) is 6.92 Å². The normalized spacial score (nSPS) is 18.2. The van der Waals surface area contributed by atoms with Crippen molar-refractivity contribution in [3.63, 3.8) is 0 Å². The summed E-state index contributed by atoms with van der Waals surface area (Å²) in [7, 11) is 0. The van der Waals surface area contributed by atoms with E-state index in [0.29, 0.717) is 12.3 Å². The maximum Gasteiger partial charge on any atom is 0.338 e. The summed E-state index contributed by atoms with van der Waals surface area (Å²) >= 11 is 0. The molecule has 1 aliphatic carbocycles. The first-order valence-corrected chi connectivity index (χ1v) is 3.68. The van der Waals surface area contributed by atoms with Crippen LogP contribution in [0.5, 0.6) is 0 Å². The minimum Gasteiger partial charge on any atom is -0.325 e. The highest BCUT2D eigenvalue weighted by molar-refractivity contribution is 5.84. The van der Waals surface area contributed by atoms with Gasteiger partial charge < -0.3 is 10.6 Å². The summed E-state index contributed by atoms with van der Waals surface area (Å²) in [6.07, 6.45) is 1.88. The molecule has 0 saturated heterocycles. The number of hydrogen-bond donors (Lipinski definition) is 1. The molecular weight excluding hydrogens is 144 g/mol. The molecule has 2 N–H and O–H groups in total. The van der Waals surface area contributed by atoms with Gasteiger partial charge in [-0.3, -0.25) is 0 Å². The smallest absolute Gasteiger partial charge is 0.325 e. The van der Waals surface area contributed by atoms with E-state index in [0.717, 1.165) is 12.8 Å². The standard InChI is InChI=1S/C7H12N2O2/c1-5(4-8)9-11-7(10)6-2-3-6/h6H,2-4,8H2,1H3/b9-5-. The SMILES string of the molecule is C/C(CN)=N/OC(=O)C1CC1. The number of hydrogen-bond acceptors (Lipinski definition) is 4. The third-order valence-electron chi connectivity index (χ3n) is 1.50. The van der Waals surface area contributed by atoms with Crippen LogP contribution in [0.4, 0.5) is 0 Å². The Morgan fingerprint density at radius 2 is 2.36 bits per heavy atom. The molecule has 0 amide bonds. The second-order valence-corrected chi connectivity index (χ2v) is 2.72. The molecule has 1 aliphatic rings. The van der Waals surface area contributed by atoms with Crippen molar-refractivity contribution < 1.29 is 9.63 Å². The zero-order valence-electron chi connectivity index (χ0n) is 6.54. The van der Waals surface area contributed by atoms with E-state index in [1.807, 2.05) is 0 Å². The minimum atomic E-state index is -0.224. The van der Waals surface area contributed by atoms with Crippen molar-refractivity contribution in [3.8, 4) is 0 Å². The van der Waals surface area contributed by atoms with Gasteiger partial charge in [-0.15, -0.1) is 0 Å². The topological polar surface area (TPSA) is 64.7 Å². The molecule has 0 radical (unpaired) electrons. The highest BCUT2D eigenvalue weighted by Crippen LogP contribution is 2.30. The largest absolute Gasteiger partial charge is 0.338 e. The quantitative estimate of drug-likeness (QED) is 0.362. The maximum absolute atomic E-state index is 10.9. The van der Waals surface area contributed by atoms with Crippen molar-refractivity contribution in [1.29, 1.82) is 0 Å². The van der Waals surface area contributed by atoms with Gasteiger partial charge >= 0.3 is 5.97 Å². The van der Waals surface area contributed by atoms with Gasteiger partial charge in [-0.05, 0) is 19.8 Å². The predicted octanol–water partition coefficient (Wildman–Crippen LogP) is 0.274. The van der Waals surface area contributed by atoms with Gasteiger partial charge in [0.1, 0.15) is 0 Å². The summed E-state index contributed by atoms with van der Waals surface area (Å²) in [5, 5.41) is 3.55. The Balaban J connectivity index is 2.24. The van der Waals surface area contributed by atoms with E-state index in [2.05, 4.69) is 9.99 Å². The van der Waals surface area contributed by atoms with Crippen molar-refractivity contribution in [1.82, 2.24) is 0 Å². The van der Waals surface area contributed by atoms with Crippen molar-refractivity contribution in [2.45, 2.75) is 19.8 Å². The van der Waals surface area contributed by atoms with Crippen molar-refractivity contribution in [2.75, 3.05) is 6.54 Å². The van der Waals surface area contributed by atoms with Gasteiger partial charge in [-0.1, -0.05) is 5.16 Å². The zero-order chi connectivity index (χ0) is 8.27. The van der Waals surface area contributed by atoms with Gasteiger partial charge in [0.2, 0.25) is 0 Å². The highest BCUT2D eigenvalue weighted by Gasteiger charge is 2.31. The summed E-state index contributed by atoms with van der Waals surface area (Å²) in [6.45, 7) is 2.05. The molecule has 4 heteroatoms. The Labute approximate surface area is 65.4 Å². The van der Waals surface area contributed by atoms with Gasteiger partial charge in [0.05, 0.1) is 11.6 Å². The van der Waals surface area contributed by atoms with E-state index in [1.165, 1.54) is 0 Å². The van der Waals surface area contributed by atoms with Crippen LogP contribution < -0.4 is 5.73 Å². The van der Waals surface area contributed by atoms with Crippen LogP contribution in [0.25, 0.3) is 0 Å². The summed E-state index contributed by atoms with van der Waals surface area (Å²) < 4.78 is 0. The summed E-state index contributed by atoms with van der Waals surface area (Å²) in [6, 6.07) is 0. The highest BCUT2D eigenvalue weighted by atomic mass is 16.7. The molecule has 0 aromatic heterocycles. The lowest BCUT2D eigenvalue weighted by atomic mass is 10.4. The van der Waals surface area contributed by atoms with Crippen LogP contribution in [-0.4, -0.2) is 18.2 Å². The fourth-order valence-electron chi connectivity index (χ4n) is 0.554. The molecule has 62 valence electrons. The molecule has 1 rings (SSSR count). The third kappa shape index (κ3) is 2.67. The van der Waals surface area contributed by atoms with E-state index >= 15 is 0 Å². The first kappa shape index (κ1) is 8.20. The molecule has 11 heavy (non-hydrogen) atoms. The number of carbonyl (C=O) groups is 1.